The Hall–Kier alpha value is -2.22. The van der Waals surface area contributed by atoms with Crippen molar-refractivity contribution >= 4 is 0 Å². The highest BCUT2D eigenvalue weighted by Crippen LogP contribution is 2.37. The number of aryl methyl sites for hydroxylation is 2. The fourth-order valence-electron chi connectivity index (χ4n) is 4.41. The number of aliphatic hydroxyl groups excluding tert-OH is 3. The van der Waals surface area contributed by atoms with Gasteiger partial charge in [0.05, 0.1) is 18.3 Å². The van der Waals surface area contributed by atoms with Crippen molar-refractivity contribution in [3.63, 3.8) is 0 Å². The summed E-state index contributed by atoms with van der Waals surface area (Å²) < 4.78 is 38.8. The molecule has 0 aromatic heterocycles. The van der Waals surface area contributed by atoms with E-state index in [0.29, 0.717) is 54.7 Å². The smallest absolute Gasteiger partial charge is 0.129 e. The van der Waals surface area contributed by atoms with Crippen LogP contribution < -0.4 is 9.47 Å². The van der Waals surface area contributed by atoms with Crippen LogP contribution in [0.4, 0.5) is 8.78 Å². The van der Waals surface area contributed by atoms with E-state index in [0.717, 1.165) is 5.56 Å². The van der Waals surface area contributed by atoms with Crippen molar-refractivity contribution in [2.45, 2.75) is 76.0 Å². The molecule has 0 radical (unpaired) electrons. The summed E-state index contributed by atoms with van der Waals surface area (Å²) in [4.78, 5) is 0. The summed E-state index contributed by atoms with van der Waals surface area (Å²) in [6.07, 6.45) is -0.611. The third-order valence-electron chi connectivity index (χ3n) is 6.24. The highest BCUT2D eigenvalue weighted by atomic mass is 19.1. The van der Waals surface area contributed by atoms with Crippen molar-refractivity contribution in [2.75, 3.05) is 0 Å². The van der Waals surface area contributed by atoms with Crippen LogP contribution in [0.1, 0.15) is 54.9 Å². The van der Waals surface area contributed by atoms with Crippen molar-refractivity contribution in [1.82, 2.24) is 0 Å². The van der Waals surface area contributed by atoms with E-state index in [4.69, 9.17) is 9.47 Å². The summed E-state index contributed by atoms with van der Waals surface area (Å²) in [7, 11) is 0. The van der Waals surface area contributed by atoms with Crippen molar-refractivity contribution in [3.05, 3.63) is 58.7 Å². The van der Waals surface area contributed by atoms with Crippen LogP contribution in [0.3, 0.4) is 0 Å². The lowest BCUT2D eigenvalue weighted by Gasteiger charge is -2.33. The molecule has 4 rings (SSSR count). The van der Waals surface area contributed by atoms with Gasteiger partial charge in [0.15, 0.2) is 0 Å². The predicted molar refractivity (Wildman–Crippen MR) is 110 cm³/mol. The summed E-state index contributed by atoms with van der Waals surface area (Å²) in [6, 6.07) is 7.12. The Labute approximate surface area is 180 Å². The minimum atomic E-state index is -0.899. The van der Waals surface area contributed by atoms with Crippen LogP contribution in [-0.2, 0) is 6.42 Å². The first-order valence-corrected chi connectivity index (χ1v) is 10.8. The maximum absolute atomic E-state index is 13.8. The molecule has 2 heterocycles. The van der Waals surface area contributed by atoms with Gasteiger partial charge in [-0.25, -0.2) is 8.78 Å². The van der Waals surface area contributed by atoms with Crippen molar-refractivity contribution in [3.8, 4) is 11.5 Å². The normalized spacial score (nSPS) is 24.4. The van der Waals surface area contributed by atoms with Gasteiger partial charge in [-0.05, 0) is 74.4 Å². The Morgan fingerprint density at radius 3 is 2.48 bits per heavy atom. The van der Waals surface area contributed by atoms with Crippen LogP contribution >= 0.6 is 0 Å². The molecule has 0 aliphatic carbocycles. The molecule has 0 saturated heterocycles. The largest absolute Gasteiger partial charge is 0.487 e. The maximum Gasteiger partial charge on any atom is 0.129 e. The molecule has 0 unspecified atom stereocenters. The van der Waals surface area contributed by atoms with Gasteiger partial charge in [0.2, 0.25) is 0 Å². The number of hydrogen-bond acceptors (Lipinski definition) is 5. The van der Waals surface area contributed by atoms with Gasteiger partial charge in [-0.2, -0.15) is 0 Å². The lowest BCUT2D eigenvalue weighted by molar-refractivity contribution is -0.0231. The maximum atomic E-state index is 13.8. The first-order valence-electron chi connectivity index (χ1n) is 10.8. The first kappa shape index (κ1) is 22.0. The van der Waals surface area contributed by atoms with E-state index in [1.165, 1.54) is 24.3 Å². The van der Waals surface area contributed by atoms with Gasteiger partial charge in [0.25, 0.3) is 0 Å². The average molecular weight is 434 g/mol. The van der Waals surface area contributed by atoms with Crippen molar-refractivity contribution in [1.29, 1.82) is 0 Å². The topological polar surface area (TPSA) is 79.2 Å². The Morgan fingerprint density at radius 2 is 1.71 bits per heavy atom. The summed E-state index contributed by atoms with van der Waals surface area (Å²) in [5.41, 5.74) is 1.92. The van der Waals surface area contributed by atoms with Crippen LogP contribution in [0.2, 0.25) is 0 Å². The second-order valence-corrected chi connectivity index (χ2v) is 8.56. The fraction of sp³-hybridized carbons (Fsp3) is 0.500. The number of fused-ring (bicyclic) bond motifs is 2. The van der Waals surface area contributed by atoms with Gasteiger partial charge < -0.3 is 24.8 Å². The van der Waals surface area contributed by atoms with Gasteiger partial charge in [-0.3, -0.25) is 0 Å². The Kier molecular flexibility index (Phi) is 6.46. The zero-order valence-corrected chi connectivity index (χ0v) is 17.4. The number of halogens is 2. The van der Waals surface area contributed by atoms with Gasteiger partial charge in [-0.15, -0.1) is 0 Å². The molecule has 7 heteroatoms. The molecular weight excluding hydrogens is 406 g/mol. The molecule has 3 N–H and O–H groups in total. The number of benzene rings is 2. The Bertz CT molecular complexity index is 934. The molecule has 2 aromatic rings. The molecule has 0 bridgehead atoms. The third-order valence-corrected chi connectivity index (χ3v) is 6.24. The van der Waals surface area contributed by atoms with E-state index >= 15 is 0 Å². The molecular formula is C24H28F2O5. The second-order valence-electron chi connectivity index (χ2n) is 8.56. The summed E-state index contributed by atoms with van der Waals surface area (Å²) >= 11 is 0. The Morgan fingerprint density at radius 1 is 1.00 bits per heavy atom. The van der Waals surface area contributed by atoms with Crippen molar-refractivity contribution < 1.29 is 33.6 Å². The Balaban J connectivity index is 1.27. The number of rotatable bonds is 6. The highest BCUT2D eigenvalue weighted by molar-refractivity contribution is 5.40. The molecule has 0 fully saturated rings. The first-order chi connectivity index (χ1) is 14.8. The van der Waals surface area contributed by atoms with E-state index in [1.54, 1.807) is 13.0 Å². The van der Waals surface area contributed by atoms with Crippen LogP contribution in [0.15, 0.2) is 30.3 Å². The SMILES string of the molecule is Cc1cc2c(cc1F)O[C@H]([C@@H](O)CCC[C@H](O)[C@H]1C[C@H](O)c3cc(F)ccc3O1)CC2. The van der Waals surface area contributed by atoms with Crippen molar-refractivity contribution in [2.24, 2.45) is 0 Å². The predicted octanol–water partition coefficient (Wildman–Crippen LogP) is 3.74. The van der Waals surface area contributed by atoms with E-state index in [1.807, 2.05) is 0 Å². The van der Waals surface area contributed by atoms with Crippen LogP contribution in [-0.4, -0.2) is 39.7 Å². The summed E-state index contributed by atoms with van der Waals surface area (Å²) in [5, 5.41) is 31.3. The molecule has 5 nitrogen and oxygen atoms in total. The second kappa shape index (κ2) is 9.10. The fourth-order valence-corrected chi connectivity index (χ4v) is 4.41. The molecule has 168 valence electrons. The van der Waals surface area contributed by atoms with E-state index in [-0.39, 0.29) is 12.2 Å². The van der Waals surface area contributed by atoms with E-state index in [2.05, 4.69) is 0 Å². The lowest BCUT2D eigenvalue weighted by atomic mass is 9.92. The molecule has 0 amide bonds. The van der Waals surface area contributed by atoms with Crippen LogP contribution in [0.25, 0.3) is 0 Å². The zero-order valence-electron chi connectivity index (χ0n) is 17.4. The minimum absolute atomic E-state index is 0.174. The number of hydrogen-bond donors (Lipinski definition) is 3. The van der Waals surface area contributed by atoms with E-state index in [9.17, 15) is 24.1 Å². The molecule has 2 aliphatic heterocycles. The van der Waals surface area contributed by atoms with Crippen LogP contribution in [0.5, 0.6) is 11.5 Å². The van der Waals surface area contributed by atoms with Gasteiger partial charge in [-0.1, -0.05) is 0 Å². The molecule has 2 aliphatic rings. The molecule has 5 atom stereocenters. The zero-order chi connectivity index (χ0) is 22.1. The summed E-state index contributed by atoms with van der Waals surface area (Å²) in [5.74, 6) is 0.0925. The van der Waals surface area contributed by atoms with Gasteiger partial charge in [0.1, 0.15) is 35.3 Å². The molecule has 2 aromatic carbocycles. The highest BCUT2D eigenvalue weighted by Gasteiger charge is 2.32. The molecule has 0 saturated carbocycles. The van der Waals surface area contributed by atoms with Gasteiger partial charge >= 0.3 is 0 Å². The minimum Gasteiger partial charge on any atom is -0.487 e. The van der Waals surface area contributed by atoms with Gasteiger partial charge in [0, 0.05) is 18.1 Å². The van der Waals surface area contributed by atoms with E-state index < -0.39 is 36.3 Å². The lowest BCUT2D eigenvalue weighted by Crippen LogP contribution is -2.37. The standard InChI is InChI=1S/C24H28F2O5/c1-13-9-14-5-7-22(31-23(14)11-17(13)26)18(27)3-2-4-19(28)24-12-20(29)16-10-15(25)6-8-21(16)30-24/h6,8-11,18-20,22,24,27-29H,2-5,7,12H2,1H3/t18-,19-,20-,22-,24+/m0/s1. The number of ether oxygens (including phenoxy) is 2. The van der Waals surface area contributed by atoms with Crippen LogP contribution in [0, 0.1) is 18.6 Å². The third kappa shape index (κ3) is 4.84. The number of aliphatic hydroxyl groups is 3. The average Bonchev–Trinajstić information content (AvgIpc) is 2.74. The molecule has 31 heavy (non-hydrogen) atoms. The molecule has 0 spiro atoms. The monoisotopic (exact) mass is 434 g/mol. The summed E-state index contributed by atoms with van der Waals surface area (Å²) in [6.45, 7) is 1.72. The quantitative estimate of drug-likeness (QED) is 0.646.